The molecular weight excluding hydrogens is 491 g/mol. The number of nitrogens with zero attached hydrogens (tertiary/aromatic N) is 2. The van der Waals surface area contributed by atoms with Gasteiger partial charge in [-0.3, -0.25) is 4.90 Å². The molecule has 3 aromatic rings. The van der Waals surface area contributed by atoms with Crippen molar-refractivity contribution < 1.29 is 19.0 Å². The molecular formula is C33H41FN2O3. The van der Waals surface area contributed by atoms with Crippen molar-refractivity contribution in [1.82, 2.24) is 4.90 Å². The lowest BCUT2D eigenvalue weighted by Crippen LogP contribution is -2.39. The number of methoxy groups -OCH3 is 1. The van der Waals surface area contributed by atoms with E-state index in [1.165, 1.54) is 36.8 Å². The predicted octanol–water partition coefficient (Wildman–Crippen LogP) is 6.47. The molecule has 1 aliphatic carbocycles. The molecule has 0 amide bonds. The summed E-state index contributed by atoms with van der Waals surface area (Å²) in [5, 5.41) is 9.19. The van der Waals surface area contributed by atoms with Crippen LogP contribution in [0.1, 0.15) is 42.9 Å². The van der Waals surface area contributed by atoms with Crippen LogP contribution in [0.15, 0.2) is 60.7 Å². The number of anilines is 1. The predicted molar refractivity (Wildman–Crippen MR) is 157 cm³/mol. The van der Waals surface area contributed by atoms with Crippen LogP contribution in [0.25, 0.3) is 0 Å². The van der Waals surface area contributed by atoms with Gasteiger partial charge in [0, 0.05) is 31.4 Å². The average molecular weight is 533 g/mol. The van der Waals surface area contributed by atoms with Crippen molar-refractivity contribution in [2.24, 2.45) is 0 Å². The van der Waals surface area contributed by atoms with E-state index in [-0.39, 0.29) is 5.82 Å². The van der Waals surface area contributed by atoms with Crippen molar-refractivity contribution in [3.8, 4) is 30.1 Å². The largest absolute Gasteiger partial charge is 0.508 e. The molecule has 1 aliphatic heterocycles. The maximum absolute atomic E-state index is 14.4. The monoisotopic (exact) mass is 532 g/mol. The molecule has 0 aromatic heterocycles. The molecule has 0 spiro atoms. The van der Waals surface area contributed by atoms with Crippen molar-refractivity contribution in [2.75, 3.05) is 44.8 Å². The van der Waals surface area contributed by atoms with Gasteiger partial charge in [0.15, 0.2) is 11.6 Å². The first kappa shape index (κ1) is 29.9. The number of rotatable bonds is 9. The standard InChI is InChI=1S/C21H27FN2O2.C10H12O.C2H2/c1-3-24(18-6-4-7-19(15-18)25-2)16-17-8-9-21(20(22)14-17)26-13-12-23-10-5-11-23;11-10-6-5-8-3-1-2-4-9(8)7-10;1-2/h4,6-9,14-15H,3,5,10-13,16H2,1-2H3;5-7,11H,1-4H2;1-2H. The molecule has 3 aromatic carbocycles. The van der Waals surface area contributed by atoms with Crippen LogP contribution in [0.5, 0.6) is 17.2 Å². The average Bonchev–Trinajstić information content (AvgIpc) is 2.95. The van der Waals surface area contributed by atoms with Gasteiger partial charge in [-0.15, -0.1) is 12.8 Å². The summed E-state index contributed by atoms with van der Waals surface area (Å²) >= 11 is 0. The lowest BCUT2D eigenvalue weighted by Gasteiger charge is -2.30. The maximum atomic E-state index is 14.4. The first-order valence-corrected chi connectivity index (χ1v) is 13.7. The Kier molecular flexibility index (Phi) is 12.0. The van der Waals surface area contributed by atoms with Gasteiger partial charge in [0.1, 0.15) is 18.1 Å². The SMILES string of the molecule is C#C.CCN(Cc1ccc(OCCN2CCC2)c(F)c1)c1cccc(OC)c1.Oc1ccc2c(c1)CCCC2. The number of aromatic hydroxyl groups is 1. The summed E-state index contributed by atoms with van der Waals surface area (Å²) in [5.41, 5.74) is 4.75. The number of benzene rings is 3. The van der Waals surface area contributed by atoms with Crippen molar-refractivity contribution in [3.63, 3.8) is 0 Å². The fourth-order valence-corrected chi connectivity index (χ4v) is 4.78. The van der Waals surface area contributed by atoms with Crippen LogP contribution in [-0.2, 0) is 19.4 Å². The number of hydrogen-bond acceptors (Lipinski definition) is 5. The molecule has 208 valence electrons. The maximum Gasteiger partial charge on any atom is 0.165 e. The quantitative estimate of drug-likeness (QED) is 0.320. The fraction of sp³-hybridized carbons (Fsp3) is 0.394. The second-order valence-electron chi connectivity index (χ2n) is 9.68. The van der Waals surface area contributed by atoms with Crippen molar-refractivity contribution >= 4 is 5.69 Å². The Hall–Kier alpha value is -3.69. The zero-order chi connectivity index (χ0) is 28.0. The number of phenols is 1. The van der Waals surface area contributed by atoms with Crippen LogP contribution in [0.3, 0.4) is 0 Å². The van der Waals surface area contributed by atoms with Gasteiger partial charge >= 0.3 is 0 Å². The Morgan fingerprint density at radius 1 is 0.949 bits per heavy atom. The number of aryl methyl sites for hydroxylation is 2. The fourth-order valence-electron chi connectivity index (χ4n) is 4.78. The molecule has 0 bridgehead atoms. The van der Waals surface area contributed by atoms with Gasteiger partial charge in [-0.25, -0.2) is 4.39 Å². The molecule has 1 N–H and O–H groups in total. The highest BCUT2D eigenvalue weighted by Gasteiger charge is 2.14. The molecule has 0 atom stereocenters. The van der Waals surface area contributed by atoms with Crippen molar-refractivity contribution in [2.45, 2.75) is 45.6 Å². The van der Waals surface area contributed by atoms with Crippen LogP contribution in [0.2, 0.25) is 0 Å². The van der Waals surface area contributed by atoms with Gasteiger partial charge in [-0.1, -0.05) is 18.2 Å². The number of ether oxygens (including phenoxy) is 2. The minimum absolute atomic E-state index is 0.298. The molecule has 1 fully saturated rings. The second-order valence-corrected chi connectivity index (χ2v) is 9.68. The van der Waals surface area contributed by atoms with Gasteiger partial charge in [0.05, 0.1) is 7.11 Å². The first-order chi connectivity index (χ1) is 19.1. The van der Waals surface area contributed by atoms with Gasteiger partial charge in [0.2, 0.25) is 0 Å². The zero-order valence-electron chi connectivity index (χ0n) is 23.2. The van der Waals surface area contributed by atoms with Crippen LogP contribution >= 0.6 is 0 Å². The van der Waals surface area contributed by atoms with Crippen molar-refractivity contribution in [3.05, 3.63) is 83.2 Å². The minimum atomic E-state index is -0.298. The lowest BCUT2D eigenvalue weighted by atomic mass is 9.92. The van der Waals surface area contributed by atoms with E-state index in [0.29, 0.717) is 24.7 Å². The Morgan fingerprint density at radius 2 is 1.72 bits per heavy atom. The molecule has 5 nitrogen and oxygen atoms in total. The summed E-state index contributed by atoms with van der Waals surface area (Å²) in [6, 6.07) is 18.9. The van der Waals surface area contributed by atoms with Gasteiger partial charge in [-0.2, -0.15) is 0 Å². The Morgan fingerprint density at radius 3 is 2.38 bits per heavy atom. The van der Waals surface area contributed by atoms with E-state index in [4.69, 9.17) is 9.47 Å². The third kappa shape index (κ3) is 8.94. The van der Waals surface area contributed by atoms with Gasteiger partial charge < -0.3 is 19.5 Å². The Bertz CT molecular complexity index is 1190. The van der Waals surface area contributed by atoms with Gasteiger partial charge in [-0.05, 0) is 105 Å². The number of terminal acetylenes is 1. The van der Waals surface area contributed by atoms with E-state index >= 15 is 0 Å². The highest BCUT2D eigenvalue weighted by molar-refractivity contribution is 5.51. The summed E-state index contributed by atoms with van der Waals surface area (Å²) in [4.78, 5) is 4.49. The van der Waals surface area contributed by atoms with Gasteiger partial charge in [0.25, 0.3) is 0 Å². The van der Waals surface area contributed by atoms with E-state index in [2.05, 4.69) is 29.6 Å². The molecule has 1 saturated heterocycles. The number of fused-ring (bicyclic) bond motifs is 1. The molecule has 0 saturated carbocycles. The molecule has 0 unspecified atom stereocenters. The van der Waals surface area contributed by atoms with E-state index in [1.54, 1.807) is 25.3 Å². The third-order valence-electron chi connectivity index (χ3n) is 7.12. The molecule has 39 heavy (non-hydrogen) atoms. The van der Waals surface area contributed by atoms with Crippen molar-refractivity contribution in [1.29, 1.82) is 0 Å². The van der Waals surface area contributed by atoms with Crippen LogP contribution < -0.4 is 14.4 Å². The number of phenolic OH excluding ortho intramolecular Hbond substituents is 1. The Balaban J connectivity index is 0.000000267. The molecule has 0 radical (unpaired) electrons. The summed E-state index contributed by atoms with van der Waals surface area (Å²) in [6.07, 6.45) is 14.2. The Labute approximate surface area is 233 Å². The second kappa shape index (κ2) is 15.7. The highest BCUT2D eigenvalue weighted by Crippen LogP contribution is 2.25. The van der Waals surface area contributed by atoms with E-state index in [0.717, 1.165) is 49.6 Å². The molecule has 2 aliphatic rings. The zero-order valence-corrected chi connectivity index (χ0v) is 23.2. The smallest absolute Gasteiger partial charge is 0.165 e. The molecule has 1 heterocycles. The summed E-state index contributed by atoms with van der Waals surface area (Å²) in [6.45, 7) is 7.19. The molecule has 5 rings (SSSR count). The number of halogens is 1. The van der Waals surface area contributed by atoms with E-state index < -0.39 is 0 Å². The summed E-state index contributed by atoms with van der Waals surface area (Å²) < 4.78 is 25.3. The normalized spacial score (nSPS) is 13.9. The summed E-state index contributed by atoms with van der Waals surface area (Å²) in [7, 11) is 1.66. The lowest BCUT2D eigenvalue weighted by molar-refractivity contribution is 0.145. The van der Waals surface area contributed by atoms with E-state index in [9.17, 15) is 9.50 Å². The number of hydrogen-bond donors (Lipinski definition) is 1. The summed E-state index contributed by atoms with van der Waals surface area (Å²) in [5.74, 6) is 1.26. The first-order valence-electron chi connectivity index (χ1n) is 13.7. The van der Waals surface area contributed by atoms with Crippen LogP contribution in [0.4, 0.5) is 10.1 Å². The topological polar surface area (TPSA) is 45.2 Å². The van der Waals surface area contributed by atoms with E-state index in [1.807, 2.05) is 42.5 Å². The molecule has 6 heteroatoms. The number of likely N-dealkylation sites (tertiary alicyclic amines) is 1. The highest BCUT2D eigenvalue weighted by atomic mass is 19.1. The third-order valence-corrected chi connectivity index (χ3v) is 7.12. The van der Waals surface area contributed by atoms with Crippen LogP contribution in [0, 0.1) is 18.7 Å². The van der Waals surface area contributed by atoms with Crippen LogP contribution in [-0.4, -0.2) is 49.9 Å². The minimum Gasteiger partial charge on any atom is -0.508 e.